The average Bonchev–Trinajstić information content (AvgIpc) is 3.65. The van der Waals surface area contributed by atoms with Crippen LogP contribution in [0.5, 0.6) is 0 Å². The van der Waals surface area contributed by atoms with Crippen LogP contribution in [0.1, 0.15) is 67.7 Å². The van der Waals surface area contributed by atoms with Crippen molar-refractivity contribution in [2.45, 2.75) is 94.8 Å². The number of halogens is 1. The van der Waals surface area contributed by atoms with E-state index in [-0.39, 0.29) is 56.9 Å². The number of aromatic amines is 1. The van der Waals surface area contributed by atoms with E-state index in [1.165, 1.54) is 0 Å². The predicted molar refractivity (Wildman–Crippen MR) is 237 cm³/mol. The van der Waals surface area contributed by atoms with Crippen LogP contribution < -0.4 is 43.8 Å². The highest BCUT2D eigenvalue weighted by molar-refractivity contribution is 9.10. The quantitative estimate of drug-likeness (QED) is 0.0339. The molecule has 0 radical (unpaired) electrons. The van der Waals surface area contributed by atoms with Gasteiger partial charge in [-0.3, -0.25) is 33.8 Å². The standard InChI is InChI=1S/C44H55BrN10O6/c1-2-3-15-38(57)55-44(19-18-28-16-17-31(45)22-29(28)24-44)42(61)54-35(21-27-10-5-4-6-11-27)41(60)52-34(14-9-20-49-43(47)48)40(59)53-36(39(58)51-26-37(46)56)23-30-25-50-33-13-8-7-12-32(30)33/h4-8,10-13,16-17,22,25,34-36,50H,2-3,9,14-15,18-21,23-24,26H2,1H3,(H2,46,56)(H,51,58)(H,52,60)(H,53,59)(H,54,61)(H,55,57)(H4,47,48,49)/t34-,35+,36-,44?/m0/s1. The highest BCUT2D eigenvalue weighted by Crippen LogP contribution is 2.32. The topological polar surface area (TPSA) is 269 Å². The van der Waals surface area contributed by atoms with Crippen LogP contribution in [0.4, 0.5) is 0 Å². The Morgan fingerprint density at radius 3 is 2.26 bits per heavy atom. The monoisotopic (exact) mass is 898 g/mol. The first-order valence-corrected chi connectivity index (χ1v) is 21.3. The van der Waals surface area contributed by atoms with Gasteiger partial charge in [-0.2, -0.15) is 0 Å². The number of aryl methyl sites for hydroxylation is 1. The van der Waals surface area contributed by atoms with Crippen molar-refractivity contribution in [1.29, 1.82) is 0 Å². The maximum atomic E-state index is 14.7. The molecule has 1 aromatic heterocycles. The summed E-state index contributed by atoms with van der Waals surface area (Å²) < 4.78 is 0.833. The first-order chi connectivity index (χ1) is 29.3. The van der Waals surface area contributed by atoms with Crippen molar-refractivity contribution in [3.8, 4) is 0 Å². The van der Waals surface area contributed by atoms with E-state index < -0.39 is 59.7 Å². The maximum absolute atomic E-state index is 14.7. The summed E-state index contributed by atoms with van der Waals surface area (Å²) in [5.74, 6) is -3.74. The lowest BCUT2D eigenvalue weighted by molar-refractivity contribution is -0.137. The molecule has 1 aliphatic rings. The van der Waals surface area contributed by atoms with E-state index >= 15 is 0 Å². The van der Waals surface area contributed by atoms with Crippen LogP contribution in [0.15, 0.2) is 88.5 Å². The van der Waals surface area contributed by atoms with Crippen LogP contribution in [-0.4, -0.2) is 83.1 Å². The Labute approximate surface area is 363 Å². The van der Waals surface area contributed by atoms with Gasteiger partial charge in [0.25, 0.3) is 0 Å². The third-order valence-electron chi connectivity index (χ3n) is 10.7. The van der Waals surface area contributed by atoms with E-state index in [9.17, 15) is 28.8 Å². The number of rotatable bonds is 21. The molecule has 0 spiro atoms. The molecule has 6 amide bonds. The second kappa shape index (κ2) is 21.9. The highest BCUT2D eigenvalue weighted by Gasteiger charge is 2.44. The lowest BCUT2D eigenvalue weighted by atomic mass is 9.77. The molecule has 1 aliphatic carbocycles. The Morgan fingerprint density at radius 2 is 1.52 bits per heavy atom. The minimum absolute atomic E-state index is 0.0352. The summed E-state index contributed by atoms with van der Waals surface area (Å²) in [5.41, 5.74) is 19.3. The van der Waals surface area contributed by atoms with E-state index in [1.54, 1.807) is 6.20 Å². The summed E-state index contributed by atoms with van der Waals surface area (Å²) in [6.07, 6.45) is 4.84. The fourth-order valence-electron chi connectivity index (χ4n) is 7.49. The number of guanidine groups is 1. The van der Waals surface area contributed by atoms with E-state index in [4.69, 9.17) is 17.2 Å². The van der Waals surface area contributed by atoms with Crippen molar-refractivity contribution in [3.63, 3.8) is 0 Å². The molecule has 61 heavy (non-hydrogen) atoms. The lowest BCUT2D eigenvalue weighted by Crippen LogP contribution is -2.65. The summed E-state index contributed by atoms with van der Waals surface area (Å²) in [6.45, 7) is 1.66. The fourth-order valence-corrected chi connectivity index (χ4v) is 7.90. The first-order valence-electron chi connectivity index (χ1n) is 20.5. The summed E-state index contributed by atoms with van der Waals surface area (Å²) in [5, 5.41) is 15.0. The Bertz CT molecular complexity index is 2230. The van der Waals surface area contributed by atoms with Crippen molar-refractivity contribution < 1.29 is 28.8 Å². The summed E-state index contributed by atoms with van der Waals surface area (Å²) in [4.78, 5) is 89.1. The number of nitrogens with two attached hydrogens (primary N) is 3. The SMILES string of the molecule is CCCCC(=O)NC1(C(=O)N[C@H](Cc2ccccc2)C(=O)N[C@@H](CCCN=C(N)N)C(=O)N[C@@H](Cc2c[nH]c3ccccc23)C(=O)NCC(N)=O)CCc2ccc(Br)cc2C1. The van der Waals surface area contributed by atoms with Gasteiger partial charge in [-0.25, -0.2) is 0 Å². The Kier molecular flexibility index (Phi) is 16.4. The number of unbranched alkanes of at least 4 members (excludes halogenated alkanes) is 1. The van der Waals surface area contributed by atoms with Crippen molar-refractivity contribution in [1.82, 2.24) is 31.6 Å². The number of hydrogen-bond acceptors (Lipinski definition) is 7. The number of benzene rings is 3. The first kappa shape index (κ1) is 45.8. The highest BCUT2D eigenvalue weighted by atomic mass is 79.9. The van der Waals surface area contributed by atoms with E-state index in [1.807, 2.05) is 79.7 Å². The minimum atomic E-state index is -1.36. The van der Waals surface area contributed by atoms with Crippen LogP contribution >= 0.6 is 15.9 Å². The van der Waals surface area contributed by atoms with E-state index in [2.05, 4.69) is 52.5 Å². The minimum Gasteiger partial charge on any atom is -0.370 e. The van der Waals surface area contributed by atoms with Crippen LogP contribution in [-0.2, 0) is 54.5 Å². The zero-order chi connectivity index (χ0) is 43.9. The van der Waals surface area contributed by atoms with Gasteiger partial charge in [0.15, 0.2) is 5.96 Å². The number of carbonyl (C=O) groups is 6. The number of aromatic nitrogens is 1. The van der Waals surface area contributed by atoms with Gasteiger partial charge in [0.05, 0.1) is 6.54 Å². The largest absolute Gasteiger partial charge is 0.370 e. The molecule has 4 aromatic rings. The number of H-pyrrole nitrogens is 1. The van der Waals surface area contributed by atoms with Crippen LogP contribution in [0.2, 0.25) is 0 Å². The van der Waals surface area contributed by atoms with Gasteiger partial charge in [-0.05, 0) is 72.6 Å². The molecule has 5 rings (SSSR count). The van der Waals surface area contributed by atoms with Crippen molar-refractivity contribution in [2.75, 3.05) is 13.1 Å². The van der Waals surface area contributed by atoms with Gasteiger partial charge in [-0.1, -0.05) is 83.9 Å². The molecule has 0 saturated carbocycles. The summed E-state index contributed by atoms with van der Waals surface area (Å²) in [6, 6.07) is 18.8. The Morgan fingerprint density at radius 1 is 0.820 bits per heavy atom. The van der Waals surface area contributed by atoms with Crippen molar-refractivity contribution >= 4 is 68.2 Å². The normalized spacial score (nSPS) is 15.9. The molecular formula is C44H55BrN10O6. The van der Waals surface area contributed by atoms with Gasteiger partial charge in [0, 0.05) is 53.8 Å². The van der Waals surface area contributed by atoms with Gasteiger partial charge in [-0.15, -0.1) is 0 Å². The molecule has 16 nitrogen and oxygen atoms in total. The molecule has 12 N–H and O–H groups in total. The van der Waals surface area contributed by atoms with Crippen LogP contribution in [0.3, 0.4) is 0 Å². The Balaban J connectivity index is 1.44. The third-order valence-corrected chi connectivity index (χ3v) is 11.2. The fraction of sp³-hybridized carbons (Fsp3) is 0.386. The number of nitrogens with zero attached hydrogens (tertiary/aromatic N) is 1. The van der Waals surface area contributed by atoms with Gasteiger partial charge >= 0.3 is 0 Å². The molecule has 324 valence electrons. The molecular weight excluding hydrogens is 844 g/mol. The second-order valence-corrected chi connectivity index (χ2v) is 16.3. The third kappa shape index (κ3) is 13.1. The predicted octanol–water partition coefficient (Wildman–Crippen LogP) is 2.06. The number of aliphatic imine (C=N–C) groups is 1. The number of hydrogen-bond donors (Lipinski definition) is 9. The summed E-state index contributed by atoms with van der Waals surface area (Å²) >= 11 is 3.54. The van der Waals surface area contributed by atoms with Crippen molar-refractivity contribution in [3.05, 3.63) is 106 Å². The molecule has 4 atom stereocenters. The molecule has 0 saturated heterocycles. The molecule has 0 bridgehead atoms. The maximum Gasteiger partial charge on any atom is 0.246 e. The van der Waals surface area contributed by atoms with Crippen LogP contribution in [0.25, 0.3) is 10.9 Å². The molecule has 1 heterocycles. The van der Waals surface area contributed by atoms with E-state index in [0.29, 0.717) is 19.3 Å². The molecule has 17 heteroatoms. The molecule has 0 aliphatic heterocycles. The van der Waals surface area contributed by atoms with Crippen molar-refractivity contribution in [2.24, 2.45) is 22.2 Å². The van der Waals surface area contributed by atoms with Gasteiger partial charge < -0.3 is 48.8 Å². The number of para-hydroxylation sites is 1. The average molecular weight is 900 g/mol. The zero-order valence-corrected chi connectivity index (χ0v) is 35.8. The zero-order valence-electron chi connectivity index (χ0n) is 34.2. The molecule has 3 aromatic carbocycles. The van der Waals surface area contributed by atoms with Gasteiger partial charge in [0.2, 0.25) is 35.4 Å². The lowest BCUT2D eigenvalue weighted by Gasteiger charge is -2.39. The number of amides is 6. The number of primary amides is 1. The second-order valence-electron chi connectivity index (χ2n) is 15.4. The Hall–Kier alpha value is -6.23. The van der Waals surface area contributed by atoms with Crippen LogP contribution in [0, 0.1) is 0 Å². The number of fused-ring (bicyclic) bond motifs is 2. The van der Waals surface area contributed by atoms with E-state index in [0.717, 1.165) is 44.1 Å². The number of nitrogens with one attached hydrogen (secondary N) is 6. The smallest absolute Gasteiger partial charge is 0.246 e. The molecule has 0 fully saturated rings. The number of carbonyl (C=O) groups excluding carboxylic acids is 6. The summed E-state index contributed by atoms with van der Waals surface area (Å²) in [7, 11) is 0. The molecule has 1 unspecified atom stereocenters. The van der Waals surface area contributed by atoms with Gasteiger partial charge in [0.1, 0.15) is 23.7 Å².